The van der Waals surface area contributed by atoms with E-state index in [0.717, 1.165) is 0 Å². The van der Waals surface area contributed by atoms with E-state index in [-0.39, 0.29) is 0 Å². The summed E-state index contributed by atoms with van der Waals surface area (Å²) in [6.07, 6.45) is 0. The third kappa shape index (κ3) is 1.87. The molecule has 6 nitrogen and oxygen atoms in total. The summed E-state index contributed by atoms with van der Waals surface area (Å²) in [5, 5.41) is 23.7. The van der Waals surface area contributed by atoms with Crippen molar-refractivity contribution < 1.29 is 5.21 Å². The van der Waals surface area contributed by atoms with Crippen LogP contribution in [0.1, 0.15) is 11.4 Å². The molecule has 0 atom stereocenters. The molecular formula is C9H8ClN5O. The number of hydrogen-bond donors (Lipinski definition) is 1. The van der Waals surface area contributed by atoms with E-state index < -0.39 is 0 Å². The Hall–Kier alpha value is -1.95. The first-order valence-electron chi connectivity index (χ1n) is 4.43. The standard InChI is InChI=1S/C9H8ClN5O/c1-15-9(11-13-14-15)8(12-16)6-2-4-7(10)5-3-6/h2-5,16H,1H3. The number of hydrogen-bond acceptors (Lipinski definition) is 5. The third-order valence-electron chi connectivity index (χ3n) is 2.05. The van der Waals surface area contributed by atoms with E-state index in [1.165, 1.54) is 4.68 Å². The Morgan fingerprint density at radius 1 is 1.38 bits per heavy atom. The number of nitrogens with zero attached hydrogens (tertiary/aromatic N) is 5. The molecule has 1 aromatic heterocycles. The maximum atomic E-state index is 8.99. The first kappa shape index (κ1) is 10.6. The summed E-state index contributed by atoms with van der Waals surface area (Å²) >= 11 is 5.77. The van der Waals surface area contributed by atoms with E-state index in [1.54, 1.807) is 31.3 Å². The molecule has 0 spiro atoms. The van der Waals surface area contributed by atoms with E-state index in [0.29, 0.717) is 22.1 Å². The summed E-state index contributed by atoms with van der Waals surface area (Å²) in [6, 6.07) is 6.86. The monoisotopic (exact) mass is 237 g/mol. The van der Waals surface area contributed by atoms with Crippen molar-refractivity contribution in [3.8, 4) is 0 Å². The van der Waals surface area contributed by atoms with E-state index in [9.17, 15) is 0 Å². The lowest BCUT2D eigenvalue weighted by atomic mass is 10.1. The molecular weight excluding hydrogens is 230 g/mol. The quantitative estimate of drug-likeness (QED) is 0.482. The second kappa shape index (κ2) is 4.28. The SMILES string of the molecule is Cn1nnnc1C(=NO)c1ccc(Cl)cc1. The zero-order chi connectivity index (χ0) is 11.5. The summed E-state index contributed by atoms with van der Waals surface area (Å²) in [5.74, 6) is 0.379. The van der Waals surface area contributed by atoms with Crippen LogP contribution >= 0.6 is 11.6 Å². The van der Waals surface area contributed by atoms with Crippen molar-refractivity contribution in [1.29, 1.82) is 0 Å². The lowest BCUT2D eigenvalue weighted by molar-refractivity contribution is 0.319. The lowest BCUT2D eigenvalue weighted by Gasteiger charge is -2.02. The molecule has 1 N–H and O–H groups in total. The van der Waals surface area contributed by atoms with Gasteiger partial charge in [-0.2, -0.15) is 0 Å². The van der Waals surface area contributed by atoms with Crippen LogP contribution in [0.15, 0.2) is 29.4 Å². The number of halogens is 1. The fourth-order valence-electron chi connectivity index (χ4n) is 1.27. The van der Waals surface area contributed by atoms with Crippen molar-refractivity contribution in [2.45, 2.75) is 0 Å². The van der Waals surface area contributed by atoms with E-state index in [2.05, 4.69) is 20.7 Å². The molecule has 0 radical (unpaired) electrons. The Morgan fingerprint density at radius 2 is 2.06 bits per heavy atom. The van der Waals surface area contributed by atoms with Gasteiger partial charge in [-0.05, 0) is 22.6 Å². The van der Waals surface area contributed by atoms with Gasteiger partial charge in [-0.25, -0.2) is 4.68 Å². The smallest absolute Gasteiger partial charge is 0.204 e. The van der Waals surface area contributed by atoms with E-state index >= 15 is 0 Å². The van der Waals surface area contributed by atoms with E-state index in [1.807, 2.05) is 0 Å². The molecule has 0 aliphatic rings. The van der Waals surface area contributed by atoms with Gasteiger partial charge in [0.15, 0.2) is 5.71 Å². The van der Waals surface area contributed by atoms with Gasteiger partial charge in [-0.15, -0.1) is 5.10 Å². The molecule has 1 aromatic carbocycles. The Bertz CT molecular complexity index is 519. The van der Waals surface area contributed by atoms with Crippen molar-refractivity contribution in [2.24, 2.45) is 12.2 Å². The highest BCUT2D eigenvalue weighted by atomic mass is 35.5. The maximum absolute atomic E-state index is 8.99. The molecule has 0 aliphatic carbocycles. The van der Waals surface area contributed by atoms with Gasteiger partial charge < -0.3 is 5.21 Å². The molecule has 2 aromatic rings. The minimum absolute atomic E-state index is 0.296. The second-order valence-electron chi connectivity index (χ2n) is 3.08. The highest BCUT2D eigenvalue weighted by Crippen LogP contribution is 2.12. The van der Waals surface area contributed by atoms with Crippen LogP contribution in [0.3, 0.4) is 0 Å². The summed E-state index contributed by atoms with van der Waals surface area (Å²) in [7, 11) is 1.66. The number of aryl methyl sites for hydroxylation is 1. The van der Waals surface area contributed by atoms with Crippen LogP contribution < -0.4 is 0 Å². The summed E-state index contributed by atoms with van der Waals surface area (Å²) < 4.78 is 1.42. The van der Waals surface area contributed by atoms with Crippen molar-refractivity contribution in [2.75, 3.05) is 0 Å². The lowest BCUT2D eigenvalue weighted by Crippen LogP contribution is -2.11. The molecule has 7 heteroatoms. The second-order valence-corrected chi connectivity index (χ2v) is 3.52. The Kier molecular flexibility index (Phi) is 2.82. The topological polar surface area (TPSA) is 76.2 Å². The van der Waals surface area contributed by atoms with Crippen LogP contribution in [0.25, 0.3) is 0 Å². The molecule has 0 saturated heterocycles. The van der Waals surface area contributed by atoms with Gasteiger partial charge in [0, 0.05) is 17.6 Å². The van der Waals surface area contributed by atoms with Crippen LogP contribution in [-0.4, -0.2) is 31.1 Å². The van der Waals surface area contributed by atoms with E-state index in [4.69, 9.17) is 16.8 Å². The molecule has 2 rings (SSSR count). The Morgan fingerprint density at radius 3 is 2.56 bits per heavy atom. The number of benzene rings is 1. The zero-order valence-corrected chi connectivity index (χ0v) is 9.13. The first-order chi connectivity index (χ1) is 7.72. The van der Waals surface area contributed by atoms with Crippen molar-refractivity contribution in [1.82, 2.24) is 20.2 Å². The molecule has 0 fully saturated rings. The fraction of sp³-hybridized carbons (Fsp3) is 0.111. The number of tetrazole rings is 1. The van der Waals surface area contributed by atoms with Gasteiger partial charge in [0.25, 0.3) is 0 Å². The minimum Gasteiger partial charge on any atom is -0.410 e. The van der Waals surface area contributed by atoms with Gasteiger partial charge in [-0.3, -0.25) is 0 Å². The molecule has 1 heterocycles. The molecule has 0 amide bonds. The van der Waals surface area contributed by atoms with Crippen molar-refractivity contribution >= 4 is 17.3 Å². The molecule has 0 unspecified atom stereocenters. The highest BCUT2D eigenvalue weighted by Gasteiger charge is 2.14. The van der Waals surface area contributed by atoms with Crippen molar-refractivity contribution in [3.05, 3.63) is 40.7 Å². The highest BCUT2D eigenvalue weighted by molar-refractivity contribution is 6.30. The van der Waals surface area contributed by atoms with Crippen LogP contribution in [0.5, 0.6) is 0 Å². The van der Waals surface area contributed by atoms with Gasteiger partial charge in [0.05, 0.1) is 0 Å². The molecule has 0 bridgehead atoms. The number of oxime groups is 1. The zero-order valence-electron chi connectivity index (χ0n) is 8.37. The molecule has 0 aliphatic heterocycles. The van der Waals surface area contributed by atoms with Crippen LogP contribution in [0.4, 0.5) is 0 Å². The molecule has 82 valence electrons. The largest absolute Gasteiger partial charge is 0.410 e. The van der Waals surface area contributed by atoms with Crippen LogP contribution in [0, 0.1) is 0 Å². The minimum atomic E-state index is 0.296. The average Bonchev–Trinajstić information content (AvgIpc) is 2.69. The number of rotatable bonds is 2. The van der Waals surface area contributed by atoms with Gasteiger partial charge in [0.2, 0.25) is 5.82 Å². The average molecular weight is 238 g/mol. The Balaban J connectivity index is 2.46. The summed E-state index contributed by atoms with van der Waals surface area (Å²) in [6.45, 7) is 0. The predicted molar refractivity (Wildman–Crippen MR) is 57.7 cm³/mol. The summed E-state index contributed by atoms with van der Waals surface area (Å²) in [5.41, 5.74) is 0.981. The van der Waals surface area contributed by atoms with Crippen LogP contribution in [0.2, 0.25) is 5.02 Å². The first-order valence-corrected chi connectivity index (χ1v) is 4.81. The van der Waals surface area contributed by atoms with Gasteiger partial charge >= 0.3 is 0 Å². The molecule has 16 heavy (non-hydrogen) atoms. The fourth-order valence-corrected chi connectivity index (χ4v) is 1.40. The number of aromatic nitrogens is 4. The molecule has 0 saturated carbocycles. The van der Waals surface area contributed by atoms with Crippen LogP contribution in [-0.2, 0) is 7.05 Å². The maximum Gasteiger partial charge on any atom is 0.204 e. The van der Waals surface area contributed by atoms with Crippen molar-refractivity contribution in [3.63, 3.8) is 0 Å². The normalized spacial score (nSPS) is 11.8. The summed E-state index contributed by atoms with van der Waals surface area (Å²) in [4.78, 5) is 0. The third-order valence-corrected chi connectivity index (χ3v) is 2.30. The Labute approximate surface area is 96.1 Å². The van der Waals surface area contributed by atoms with Gasteiger partial charge in [-0.1, -0.05) is 28.9 Å². The predicted octanol–water partition coefficient (Wildman–Crippen LogP) is 1.09. The van der Waals surface area contributed by atoms with Gasteiger partial charge in [0.1, 0.15) is 0 Å².